The third-order valence-electron chi connectivity index (χ3n) is 8.35. The number of nitrogens with one attached hydrogen (secondary N) is 2. The molecule has 4 atom stereocenters. The lowest BCUT2D eigenvalue weighted by Gasteiger charge is -2.19. The van der Waals surface area contributed by atoms with Crippen molar-refractivity contribution < 1.29 is 18.6 Å². The van der Waals surface area contributed by atoms with Crippen LogP contribution in [0.2, 0.25) is 5.28 Å². The van der Waals surface area contributed by atoms with Crippen LogP contribution in [0.1, 0.15) is 24.4 Å². The maximum atomic E-state index is 13.1. The molecule has 0 saturated heterocycles. The van der Waals surface area contributed by atoms with E-state index in [2.05, 4.69) is 50.0 Å². The number of aliphatic hydroxyl groups is 2. The summed E-state index contributed by atoms with van der Waals surface area (Å²) in [6.07, 6.45) is 5.20. The second-order valence-electron chi connectivity index (χ2n) is 11.3. The molecule has 2 aromatic carbocycles. The maximum absolute atomic E-state index is 13.1. The molecule has 1 fully saturated rings. The van der Waals surface area contributed by atoms with E-state index in [-0.39, 0.29) is 16.1 Å². The van der Waals surface area contributed by atoms with Crippen molar-refractivity contribution in [3.63, 3.8) is 0 Å². The number of hydrogen-bond acceptors (Lipinski definition) is 9. The number of rotatable bonds is 13. The number of nitrogens with zero attached hydrogens (tertiary/aromatic N) is 5. The van der Waals surface area contributed by atoms with Gasteiger partial charge in [-0.3, -0.25) is 0 Å². The van der Waals surface area contributed by atoms with E-state index in [0.29, 0.717) is 35.3 Å². The average molecular weight is 650 g/mol. The molecule has 1 aliphatic carbocycles. The van der Waals surface area contributed by atoms with Crippen LogP contribution in [0.4, 0.5) is 0 Å². The smallest absolute Gasteiger partial charge is 0.282 e. The Kier molecular flexibility index (Phi) is 9.59. The number of benzene rings is 2. The maximum Gasteiger partial charge on any atom is 0.282 e. The fourth-order valence-electron chi connectivity index (χ4n) is 5.96. The summed E-state index contributed by atoms with van der Waals surface area (Å²) >= 11 is 6.18. The summed E-state index contributed by atoms with van der Waals surface area (Å²) < 4.78 is 29.0. The minimum atomic E-state index is -3.89. The third-order valence-corrected chi connectivity index (χ3v) is 10.1. The Morgan fingerprint density at radius 3 is 2.44 bits per heavy atom. The second kappa shape index (κ2) is 13.8. The Morgan fingerprint density at radius 1 is 0.933 bits per heavy atom. The molecule has 6 rings (SSSR count). The van der Waals surface area contributed by atoms with Gasteiger partial charge in [0.2, 0.25) is 5.28 Å². The molecule has 1 aliphatic rings. The van der Waals surface area contributed by atoms with Gasteiger partial charge >= 0.3 is 0 Å². The molecule has 0 aliphatic heterocycles. The molecule has 0 unspecified atom stereocenters. The standard InChI is InChI=1S/C32H36ClN7O4S/c33-32-36-20-25-26(27-13-17-40(38-27)45(43,44)24-10-5-2-6-11-24)21-39(31(25)37-32)28-18-23(29(41)30(28)42)19-35-15-7-14-34-16-12-22-8-3-1-4-9-22/h1-6,8-11,13,17,20-21,23,28-30,34-35,41-42H,7,12,14-16,18-19H2/t23-,28-,29-,30+/m1/s1. The van der Waals surface area contributed by atoms with Crippen LogP contribution in [0.25, 0.3) is 22.3 Å². The van der Waals surface area contributed by atoms with Gasteiger partial charge in [0.15, 0.2) is 0 Å². The summed E-state index contributed by atoms with van der Waals surface area (Å²) in [5, 5.41) is 34.0. The van der Waals surface area contributed by atoms with E-state index in [1.165, 1.54) is 23.9 Å². The molecule has 3 aromatic heterocycles. The van der Waals surface area contributed by atoms with E-state index in [9.17, 15) is 18.6 Å². The predicted octanol–water partition coefficient (Wildman–Crippen LogP) is 3.28. The van der Waals surface area contributed by atoms with Crippen LogP contribution in [0.15, 0.2) is 90.2 Å². The predicted molar refractivity (Wildman–Crippen MR) is 172 cm³/mol. The average Bonchev–Trinajstić information content (AvgIpc) is 3.76. The Morgan fingerprint density at radius 2 is 1.67 bits per heavy atom. The minimum absolute atomic E-state index is 0.0363. The fraction of sp³-hybridized carbons (Fsp3) is 0.344. The lowest BCUT2D eigenvalue weighted by Crippen LogP contribution is -2.34. The number of hydrogen-bond donors (Lipinski definition) is 4. The molecular formula is C32H36ClN7O4S. The van der Waals surface area contributed by atoms with E-state index in [1.807, 2.05) is 6.07 Å². The zero-order valence-electron chi connectivity index (χ0n) is 24.6. The molecule has 13 heteroatoms. The van der Waals surface area contributed by atoms with Gasteiger partial charge in [-0.2, -0.15) is 22.6 Å². The number of aromatic nitrogens is 5. The van der Waals surface area contributed by atoms with E-state index in [1.54, 1.807) is 41.2 Å². The fourth-order valence-corrected chi connectivity index (χ4v) is 7.22. The van der Waals surface area contributed by atoms with Crippen LogP contribution in [-0.4, -0.2) is 80.7 Å². The first kappa shape index (κ1) is 31.3. The lowest BCUT2D eigenvalue weighted by molar-refractivity contribution is 0.00695. The highest BCUT2D eigenvalue weighted by molar-refractivity contribution is 7.89. The van der Waals surface area contributed by atoms with Crippen molar-refractivity contribution >= 4 is 32.7 Å². The van der Waals surface area contributed by atoms with Crippen LogP contribution in [0.3, 0.4) is 0 Å². The molecule has 5 aromatic rings. The Labute approximate surface area is 267 Å². The van der Waals surface area contributed by atoms with Gasteiger partial charge in [0.1, 0.15) is 11.8 Å². The number of fused-ring (bicyclic) bond motifs is 1. The van der Waals surface area contributed by atoms with Crippen molar-refractivity contribution in [3.8, 4) is 11.3 Å². The zero-order chi connectivity index (χ0) is 31.4. The summed E-state index contributed by atoms with van der Waals surface area (Å²) in [6, 6.07) is 19.6. The van der Waals surface area contributed by atoms with Crippen LogP contribution in [0, 0.1) is 5.92 Å². The first-order chi connectivity index (χ1) is 21.8. The first-order valence-electron chi connectivity index (χ1n) is 15.0. The number of aliphatic hydroxyl groups excluding tert-OH is 2. The molecule has 0 bridgehead atoms. The molecular weight excluding hydrogens is 614 g/mol. The van der Waals surface area contributed by atoms with Crippen molar-refractivity contribution in [1.82, 2.24) is 34.4 Å². The SMILES string of the molecule is O=S(=O)(c1ccccc1)n1ccc(-c2cn([C@@H]3C[C@H](CNCCCNCCc4ccccc4)[C@@H](O)[C@H]3O)c3nc(Cl)ncc23)n1. The molecule has 45 heavy (non-hydrogen) atoms. The van der Waals surface area contributed by atoms with Crippen molar-refractivity contribution in [2.45, 2.75) is 42.4 Å². The minimum Gasteiger partial charge on any atom is -0.390 e. The van der Waals surface area contributed by atoms with Crippen molar-refractivity contribution in [2.75, 3.05) is 26.2 Å². The summed E-state index contributed by atoms with van der Waals surface area (Å²) in [4.78, 5) is 8.70. The Balaban J connectivity index is 1.12. The molecule has 4 N–H and O–H groups in total. The largest absolute Gasteiger partial charge is 0.390 e. The Hall–Kier alpha value is -3.65. The summed E-state index contributed by atoms with van der Waals surface area (Å²) in [7, 11) is -3.89. The lowest BCUT2D eigenvalue weighted by atomic mass is 10.1. The monoisotopic (exact) mass is 649 g/mol. The molecule has 1 saturated carbocycles. The highest BCUT2D eigenvalue weighted by Gasteiger charge is 2.43. The highest BCUT2D eigenvalue weighted by Crippen LogP contribution is 2.40. The van der Waals surface area contributed by atoms with Crippen LogP contribution in [-0.2, 0) is 16.4 Å². The van der Waals surface area contributed by atoms with Crippen LogP contribution < -0.4 is 10.6 Å². The first-order valence-corrected chi connectivity index (χ1v) is 16.9. The molecule has 0 amide bonds. The molecule has 0 spiro atoms. The van der Waals surface area contributed by atoms with Crippen molar-refractivity contribution in [2.24, 2.45) is 5.92 Å². The van der Waals surface area contributed by atoms with E-state index in [0.717, 1.165) is 36.6 Å². The Bertz CT molecular complexity index is 1830. The van der Waals surface area contributed by atoms with Crippen LogP contribution in [0.5, 0.6) is 0 Å². The highest BCUT2D eigenvalue weighted by atomic mass is 35.5. The number of halogens is 1. The topological polar surface area (TPSA) is 147 Å². The van der Waals surface area contributed by atoms with Crippen LogP contribution >= 0.6 is 11.6 Å². The van der Waals surface area contributed by atoms with Gasteiger partial charge in [-0.25, -0.2) is 4.98 Å². The summed E-state index contributed by atoms with van der Waals surface area (Å²) in [5.41, 5.74) is 2.77. The normalized spacial score (nSPS) is 20.2. The van der Waals surface area contributed by atoms with Gasteiger partial charge in [-0.1, -0.05) is 48.5 Å². The molecule has 236 valence electrons. The summed E-state index contributed by atoms with van der Waals surface area (Å²) in [6.45, 7) is 3.15. The molecule has 11 nitrogen and oxygen atoms in total. The van der Waals surface area contributed by atoms with Crippen molar-refractivity contribution in [1.29, 1.82) is 0 Å². The van der Waals surface area contributed by atoms with E-state index >= 15 is 0 Å². The third kappa shape index (κ3) is 6.81. The zero-order valence-corrected chi connectivity index (χ0v) is 26.1. The molecule has 3 heterocycles. The van der Waals surface area contributed by atoms with Crippen molar-refractivity contribution in [3.05, 3.63) is 96.2 Å². The quantitative estimate of drug-likeness (QED) is 0.111. The van der Waals surface area contributed by atoms with Gasteiger partial charge in [-0.15, -0.1) is 0 Å². The second-order valence-corrected chi connectivity index (χ2v) is 13.4. The van der Waals surface area contributed by atoms with Gasteiger partial charge in [0.05, 0.1) is 22.7 Å². The van der Waals surface area contributed by atoms with E-state index in [4.69, 9.17) is 11.6 Å². The van der Waals surface area contributed by atoms with Gasteiger partial charge in [-0.05, 0) is 74.3 Å². The van der Waals surface area contributed by atoms with E-state index < -0.39 is 28.3 Å². The van der Waals surface area contributed by atoms with Gasteiger partial charge in [0.25, 0.3) is 10.0 Å². The van der Waals surface area contributed by atoms with Gasteiger partial charge < -0.3 is 25.4 Å². The molecule has 0 radical (unpaired) electrons. The summed E-state index contributed by atoms with van der Waals surface area (Å²) in [5.74, 6) is -0.176. The van der Waals surface area contributed by atoms with Gasteiger partial charge in [0, 0.05) is 42.0 Å².